The molecule has 2 atom stereocenters. The maximum Gasteiger partial charge on any atom is 0.0641 e. The van der Waals surface area contributed by atoms with Crippen molar-refractivity contribution in [1.29, 1.82) is 0 Å². The van der Waals surface area contributed by atoms with Crippen LogP contribution in [0.4, 0.5) is 0 Å². The Kier molecular flexibility index (Phi) is 6.42. The third-order valence-corrected chi connectivity index (χ3v) is 8.51. The molecule has 1 saturated heterocycles. The molecule has 6 heteroatoms. The van der Waals surface area contributed by atoms with E-state index < -0.39 is 0 Å². The summed E-state index contributed by atoms with van der Waals surface area (Å²) in [6.45, 7) is 8.22. The lowest BCUT2D eigenvalue weighted by molar-refractivity contribution is 0.0901. The third kappa shape index (κ3) is 4.30. The second kappa shape index (κ2) is 10.4. The smallest absolute Gasteiger partial charge is 0.0641 e. The molecule has 2 N–H and O–H groups in total. The highest BCUT2D eigenvalue weighted by Crippen LogP contribution is 2.39. The summed E-state index contributed by atoms with van der Waals surface area (Å²) in [6.07, 6.45) is 7.79. The third-order valence-electron chi connectivity index (χ3n) is 8.51. The fourth-order valence-electron chi connectivity index (χ4n) is 6.75. The molecular formula is C34H34N6. The largest absolute Gasteiger partial charge is 0.358 e. The van der Waals surface area contributed by atoms with E-state index in [1.54, 1.807) is 0 Å². The van der Waals surface area contributed by atoms with Crippen LogP contribution in [0, 0.1) is 13.8 Å². The first-order chi connectivity index (χ1) is 19.7. The topological polar surface area (TPSA) is 63.8 Å². The second-order valence-electron chi connectivity index (χ2n) is 10.9. The van der Waals surface area contributed by atoms with E-state index in [0.717, 1.165) is 26.2 Å². The number of aromatic nitrogens is 4. The summed E-state index contributed by atoms with van der Waals surface area (Å²) in [7, 11) is 0. The van der Waals surface area contributed by atoms with Crippen molar-refractivity contribution in [1.82, 2.24) is 29.7 Å². The van der Waals surface area contributed by atoms with Gasteiger partial charge >= 0.3 is 0 Å². The van der Waals surface area contributed by atoms with Crippen LogP contribution in [-0.4, -0.2) is 55.9 Å². The van der Waals surface area contributed by atoms with E-state index in [-0.39, 0.29) is 12.1 Å². The highest BCUT2D eigenvalue weighted by molar-refractivity contribution is 5.86. The highest BCUT2D eigenvalue weighted by Gasteiger charge is 2.34. The van der Waals surface area contributed by atoms with Crippen molar-refractivity contribution in [2.75, 3.05) is 26.2 Å². The van der Waals surface area contributed by atoms with E-state index in [4.69, 9.17) is 0 Å². The van der Waals surface area contributed by atoms with Crippen LogP contribution >= 0.6 is 0 Å². The van der Waals surface area contributed by atoms with Crippen LogP contribution in [0.2, 0.25) is 0 Å². The maximum atomic E-state index is 4.52. The Labute approximate surface area is 234 Å². The molecule has 5 heterocycles. The number of rotatable bonds is 6. The Hall–Kier alpha value is -4.26. The molecule has 40 heavy (non-hydrogen) atoms. The van der Waals surface area contributed by atoms with E-state index >= 15 is 0 Å². The Morgan fingerprint density at radius 3 is 1.40 bits per heavy atom. The molecule has 6 aromatic rings. The van der Waals surface area contributed by atoms with Crippen molar-refractivity contribution in [3.05, 3.63) is 131 Å². The van der Waals surface area contributed by atoms with Gasteiger partial charge in [0.25, 0.3) is 0 Å². The van der Waals surface area contributed by atoms with Crippen LogP contribution in [0.1, 0.15) is 45.7 Å². The molecule has 6 nitrogen and oxygen atoms in total. The maximum absolute atomic E-state index is 4.52. The summed E-state index contributed by atoms with van der Waals surface area (Å²) < 4.78 is 0. The average molecular weight is 527 g/mol. The van der Waals surface area contributed by atoms with E-state index in [2.05, 4.69) is 116 Å². The minimum Gasteiger partial charge on any atom is -0.358 e. The Morgan fingerprint density at radius 1 is 0.575 bits per heavy atom. The van der Waals surface area contributed by atoms with E-state index in [1.165, 1.54) is 55.4 Å². The van der Waals surface area contributed by atoms with Crippen molar-refractivity contribution in [2.45, 2.75) is 25.9 Å². The summed E-state index contributed by atoms with van der Waals surface area (Å²) in [6, 6.07) is 26.1. The fourth-order valence-corrected chi connectivity index (χ4v) is 6.75. The molecule has 0 radical (unpaired) electrons. The van der Waals surface area contributed by atoms with Crippen LogP contribution in [0.5, 0.6) is 0 Å². The molecular weight excluding hydrogens is 492 g/mol. The van der Waals surface area contributed by atoms with Gasteiger partial charge in [-0.05, 0) is 49.2 Å². The lowest BCUT2D eigenvalue weighted by Crippen LogP contribution is -2.49. The predicted molar refractivity (Wildman–Crippen MR) is 161 cm³/mol. The quantitative estimate of drug-likeness (QED) is 0.258. The van der Waals surface area contributed by atoms with Crippen molar-refractivity contribution in [3.8, 4) is 0 Å². The number of aryl methyl sites for hydroxylation is 2. The standard InChI is InChI=1S/C34H34N6/c1-23-31(27-11-3-5-13-29(27)37-23)33(25-9-7-15-35-21-25)39-17-19-40(20-18-39)34(26-10-8-16-36-22-26)32-24(2)38-30-14-6-4-12-28(30)32/h3-16,21-22,33-34,37-38H,17-20H2,1-2H3/t33-,34-/m0/s1. The Bertz CT molecular complexity index is 1610. The van der Waals surface area contributed by atoms with Gasteiger partial charge in [-0.15, -0.1) is 0 Å². The number of para-hydroxylation sites is 2. The van der Waals surface area contributed by atoms with Crippen LogP contribution in [0.15, 0.2) is 97.6 Å². The molecule has 0 bridgehead atoms. The van der Waals surface area contributed by atoms with Gasteiger partial charge in [0.1, 0.15) is 0 Å². The fraction of sp³-hybridized carbons (Fsp3) is 0.235. The van der Waals surface area contributed by atoms with Crippen molar-refractivity contribution < 1.29 is 0 Å². The van der Waals surface area contributed by atoms with Crippen molar-refractivity contribution in [3.63, 3.8) is 0 Å². The number of pyridine rings is 2. The number of nitrogens with zero attached hydrogens (tertiary/aromatic N) is 4. The predicted octanol–water partition coefficient (Wildman–Crippen LogP) is 6.55. The summed E-state index contributed by atoms with van der Waals surface area (Å²) >= 11 is 0. The zero-order valence-electron chi connectivity index (χ0n) is 23.0. The van der Waals surface area contributed by atoms with Gasteiger partial charge in [0.2, 0.25) is 0 Å². The summed E-state index contributed by atoms with van der Waals surface area (Å²) in [5.41, 5.74) is 10.0. The number of piperazine rings is 1. The lowest BCUT2D eigenvalue weighted by Gasteiger charge is -2.43. The van der Waals surface area contributed by atoms with Crippen LogP contribution in [0.25, 0.3) is 21.8 Å². The number of hydrogen-bond donors (Lipinski definition) is 2. The number of aromatic amines is 2. The number of benzene rings is 2. The molecule has 0 unspecified atom stereocenters. The van der Waals surface area contributed by atoms with Crippen LogP contribution in [-0.2, 0) is 0 Å². The van der Waals surface area contributed by atoms with Crippen LogP contribution < -0.4 is 0 Å². The summed E-state index contributed by atoms with van der Waals surface area (Å²) in [4.78, 5) is 21.6. The zero-order valence-corrected chi connectivity index (χ0v) is 23.0. The monoisotopic (exact) mass is 526 g/mol. The lowest BCUT2D eigenvalue weighted by atomic mass is 9.93. The molecule has 7 rings (SSSR count). The van der Waals surface area contributed by atoms with E-state index in [1.807, 2.05) is 24.8 Å². The van der Waals surface area contributed by atoms with Crippen molar-refractivity contribution >= 4 is 21.8 Å². The highest BCUT2D eigenvalue weighted by atomic mass is 15.3. The second-order valence-corrected chi connectivity index (χ2v) is 10.9. The number of H-pyrrole nitrogens is 2. The number of nitrogens with one attached hydrogen (secondary N) is 2. The van der Waals surface area contributed by atoms with Gasteiger partial charge in [-0.25, -0.2) is 0 Å². The molecule has 0 aliphatic carbocycles. The number of fused-ring (bicyclic) bond motifs is 2. The molecule has 0 saturated carbocycles. The average Bonchev–Trinajstić information content (AvgIpc) is 3.51. The Balaban J connectivity index is 1.25. The molecule has 200 valence electrons. The first-order valence-corrected chi connectivity index (χ1v) is 14.1. The molecule has 2 aromatic carbocycles. The minimum absolute atomic E-state index is 0.138. The molecule has 4 aromatic heterocycles. The van der Waals surface area contributed by atoms with Gasteiger partial charge in [-0.2, -0.15) is 0 Å². The van der Waals surface area contributed by atoms with Gasteiger partial charge in [-0.3, -0.25) is 19.8 Å². The van der Waals surface area contributed by atoms with Gasteiger partial charge in [0.05, 0.1) is 12.1 Å². The zero-order chi connectivity index (χ0) is 27.1. The SMILES string of the molecule is Cc1[nH]c2ccccc2c1[C@H](c1cccnc1)N1CCN([C@@H](c2cccnc2)c2c(C)[nH]c3ccccc23)CC1. The summed E-state index contributed by atoms with van der Waals surface area (Å²) in [5, 5.41) is 2.58. The van der Waals surface area contributed by atoms with E-state index in [0.29, 0.717) is 0 Å². The van der Waals surface area contributed by atoms with Crippen LogP contribution in [0.3, 0.4) is 0 Å². The molecule has 1 aliphatic rings. The Morgan fingerprint density at radius 2 is 1.00 bits per heavy atom. The van der Waals surface area contributed by atoms with Gasteiger partial charge in [0.15, 0.2) is 0 Å². The summed E-state index contributed by atoms with van der Waals surface area (Å²) in [5.74, 6) is 0. The van der Waals surface area contributed by atoms with E-state index in [9.17, 15) is 0 Å². The molecule has 1 fully saturated rings. The van der Waals surface area contributed by atoms with Gasteiger partial charge in [0, 0.05) is 95.3 Å². The number of hydrogen-bond acceptors (Lipinski definition) is 4. The first-order valence-electron chi connectivity index (χ1n) is 14.1. The van der Waals surface area contributed by atoms with Gasteiger partial charge in [-0.1, -0.05) is 48.5 Å². The van der Waals surface area contributed by atoms with Gasteiger partial charge < -0.3 is 9.97 Å². The molecule has 0 amide bonds. The molecule has 0 spiro atoms. The first kappa shape index (κ1) is 24.8. The minimum atomic E-state index is 0.138. The van der Waals surface area contributed by atoms with Crippen molar-refractivity contribution in [2.24, 2.45) is 0 Å². The normalized spacial score (nSPS) is 16.4. The molecule has 1 aliphatic heterocycles.